The van der Waals surface area contributed by atoms with Crippen molar-refractivity contribution in [3.8, 4) is 0 Å². The Morgan fingerprint density at radius 3 is 2.79 bits per heavy atom. The number of hydrogen-bond donors (Lipinski definition) is 1. The van der Waals surface area contributed by atoms with Crippen LogP contribution in [-0.2, 0) is 6.54 Å². The summed E-state index contributed by atoms with van der Waals surface area (Å²) in [5, 5.41) is 11.3. The predicted octanol–water partition coefficient (Wildman–Crippen LogP) is 3.26. The number of pyridine rings is 1. The van der Waals surface area contributed by atoms with E-state index in [0.29, 0.717) is 12.4 Å². The number of anilines is 1. The maximum atomic E-state index is 11.3. The zero-order valence-corrected chi connectivity index (χ0v) is 11.7. The van der Waals surface area contributed by atoms with Crippen LogP contribution in [0, 0.1) is 0 Å². The number of hydrogen-bond acceptors (Lipinski definition) is 4. The molecule has 0 unspecified atom stereocenters. The fourth-order valence-corrected chi connectivity index (χ4v) is 2.57. The first kappa shape index (κ1) is 13.5. The number of carbonyl (C=O) groups is 1. The van der Waals surface area contributed by atoms with Crippen molar-refractivity contribution in [1.82, 2.24) is 4.98 Å². The molecule has 4 nitrogen and oxygen atoms in total. The van der Waals surface area contributed by atoms with Gasteiger partial charge in [0.1, 0.15) is 11.4 Å². The van der Waals surface area contributed by atoms with Crippen LogP contribution in [0.5, 0.6) is 0 Å². The molecule has 0 bridgehead atoms. The zero-order chi connectivity index (χ0) is 13.8. The third kappa shape index (κ3) is 3.12. The molecule has 2 heterocycles. The summed E-state index contributed by atoms with van der Waals surface area (Å²) < 4.78 is 0. The highest BCUT2D eigenvalue weighted by molar-refractivity contribution is 7.09. The van der Waals surface area contributed by atoms with Crippen molar-refractivity contribution in [2.45, 2.75) is 26.4 Å². The maximum absolute atomic E-state index is 11.3. The van der Waals surface area contributed by atoms with Crippen molar-refractivity contribution in [2.24, 2.45) is 0 Å². The molecule has 2 rings (SSSR count). The number of rotatable bonds is 5. The van der Waals surface area contributed by atoms with Crippen molar-refractivity contribution in [3.05, 3.63) is 46.3 Å². The predicted molar refractivity (Wildman–Crippen MR) is 76.8 cm³/mol. The van der Waals surface area contributed by atoms with Gasteiger partial charge in [0.2, 0.25) is 0 Å². The quantitative estimate of drug-likeness (QED) is 0.910. The molecule has 100 valence electrons. The van der Waals surface area contributed by atoms with Gasteiger partial charge in [-0.1, -0.05) is 6.07 Å². The van der Waals surface area contributed by atoms with Gasteiger partial charge >= 0.3 is 5.97 Å². The van der Waals surface area contributed by atoms with Crippen LogP contribution in [0.3, 0.4) is 0 Å². The highest BCUT2D eigenvalue weighted by atomic mass is 32.1. The van der Waals surface area contributed by atoms with E-state index >= 15 is 0 Å². The minimum atomic E-state index is -0.945. The summed E-state index contributed by atoms with van der Waals surface area (Å²) in [6.45, 7) is 4.74. The van der Waals surface area contributed by atoms with E-state index in [4.69, 9.17) is 0 Å². The second-order valence-electron chi connectivity index (χ2n) is 4.48. The van der Waals surface area contributed by atoms with Crippen LogP contribution in [0.25, 0.3) is 0 Å². The molecule has 0 radical (unpaired) electrons. The molecule has 19 heavy (non-hydrogen) atoms. The lowest BCUT2D eigenvalue weighted by Crippen LogP contribution is -2.32. The summed E-state index contributed by atoms with van der Waals surface area (Å²) in [6, 6.07) is 7.46. The molecule has 0 aliphatic carbocycles. The molecular weight excluding hydrogens is 260 g/mol. The third-order valence-corrected chi connectivity index (χ3v) is 3.68. The van der Waals surface area contributed by atoms with E-state index in [-0.39, 0.29) is 11.6 Å². The highest BCUT2D eigenvalue weighted by Crippen LogP contribution is 2.23. The number of carboxylic acids is 1. The van der Waals surface area contributed by atoms with Crippen molar-refractivity contribution < 1.29 is 9.90 Å². The zero-order valence-electron chi connectivity index (χ0n) is 10.9. The number of thiophene rings is 1. The fraction of sp³-hybridized carbons (Fsp3) is 0.286. The standard InChI is InChI=1S/C14H16N2O2S/c1-10(2)16(9-11-5-4-8-19-11)13-12(14(17)18)6-3-7-15-13/h3-8,10H,9H2,1-2H3,(H,17,18). The SMILES string of the molecule is CC(C)N(Cc1cccs1)c1ncccc1C(=O)O. The van der Waals surface area contributed by atoms with Gasteiger partial charge in [0.25, 0.3) is 0 Å². The highest BCUT2D eigenvalue weighted by Gasteiger charge is 2.19. The monoisotopic (exact) mass is 276 g/mol. The van der Waals surface area contributed by atoms with E-state index in [2.05, 4.69) is 4.98 Å². The molecule has 0 saturated carbocycles. The molecule has 0 aromatic carbocycles. The molecule has 0 spiro atoms. The van der Waals surface area contributed by atoms with Gasteiger partial charge in [-0.3, -0.25) is 0 Å². The van der Waals surface area contributed by atoms with Gasteiger partial charge in [-0.2, -0.15) is 0 Å². The van der Waals surface area contributed by atoms with Crippen LogP contribution < -0.4 is 4.90 Å². The van der Waals surface area contributed by atoms with Crippen LogP contribution in [-0.4, -0.2) is 22.1 Å². The van der Waals surface area contributed by atoms with Crippen molar-refractivity contribution in [1.29, 1.82) is 0 Å². The Balaban J connectivity index is 2.36. The normalized spacial score (nSPS) is 10.7. The number of carboxylic acid groups (broad SMARTS) is 1. The first-order valence-electron chi connectivity index (χ1n) is 6.07. The Bertz CT molecular complexity index is 552. The van der Waals surface area contributed by atoms with Gasteiger partial charge in [0.05, 0.1) is 6.54 Å². The van der Waals surface area contributed by atoms with Gasteiger partial charge in [0, 0.05) is 17.1 Å². The van der Waals surface area contributed by atoms with Crippen molar-refractivity contribution in [2.75, 3.05) is 4.90 Å². The fourth-order valence-electron chi connectivity index (χ4n) is 1.87. The molecule has 0 amide bonds. The lowest BCUT2D eigenvalue weighted by molar-refractivity contribution is 0.0697. The Labute approximate surface area is 116 Å². The molecule has 5 heteroatoms. The number of aromatic carboxylic acids is 1. The molecule has 1 N–H and O–H groups in total. The van der Waals surface area contributed by atoms with Gasteiger partial charge in [-0.25, -0.2) is 9.78 Å². The Kier molecular flexibility index (Phi) is 4.16. The summed E-state index contributed by atoms with van der Waals surface area (Å²) in [6.07, 6.45) is 1.63. The van der Waals surface area contributed by atoms with Crippen molar-refractivity contribution >= 4 is 23.1 Å². The number of nitrogens with zero attached hydrogens (tertiary/aromatic N) is 2. The molecule has 0 saturated heterocycles. The van der Waals surface area contributed by atoms with E-state index in [0.717, 1.165) is 0 Å². The summed E-state index contributed by atoms with van der Waals surface area (Å²) >= 11 is 1.66. The smallest absolute Gasteiger partial charge is 0.339 e. The summed E-state index contributed by atoms with van der Waals surface area (Å²) in [5.74, 6) is -0.418. The molecule has 0 fully saturated rings. The van der Waals surface area contributed by atoms with Crippen LogP contribution in [0.1, 0.15) is 29.1 Å². The summed E-state index contributed by atoms with van der Waals surface area (Å²) in [5.41, 5.74) is 0.243. The molecule has 0 atom stereocenters. The van der Waals surface area contributed by atoms with E-state index in [1.54, 1.807) is 29.7 Å². The third-order valence-electron chi connectivity index (χ3n) is 2.82. The van der Waals surface area contributed by atoms with Gasteiger partial charge in [0.15, 0.2) is 0 Å². The van der Waals surface area contributed by atoms with Gasteiger partial charge < -0.3 is 10.0 Å². The average molecular weight is 276 g/mol. The van der Waals surface area contributed by atoms with E-state index in [1.165, 1.54) is 4.88 Å². The molecular formula is C14H16N2O2S. The van der Waals surface area contributed by atoms with Crippen LogP contribution >= 0.6 is 11.3 Å². The van der Waals surface area contributed by atoms with E-state index in [1.807, 2.05) is 36.3 Å². The summed E-state index contributed by atoms with van der Waals surface area (Å²) in [4.78, 5) is 18.7. The number of aromatic nitrogens is 1. The van der Waals surface area contributed by atoms with Crippen LogP contribution in [0.2, 0.25) is 0 Å². The molecule has 2 aromatic rings. The first-order chi connectivity index (χ1) is 9.09. The largest absolute Gasteiger partial charge is 0.478 e. The van der Waals surface area contributed by atoms with Crippen LogP contribution in [0.4, 0.5) is 5.82 Å². The molecule has 0 aliphatic heterocycles. The minimum Gasteiger partial charge on any atom is -0.478 e. The van der Waals surface area contributed by atoms with E-state index in [9.17, 15) is 9.90 Å². The van der Waals surface area contributed by atoms with Gasteiger partial charge in [-0.05, 0) is 37.4 Å². The molecule has 0 aliphatic rings. The average Bonchev–Trinajstić information content (AvgIpc) is 2.88. The Morgan fingerprint density at radius 2 is 2.21 bits per heavy atom. The van der Waals surface area contributed by atoms with Gasteiger partial charge in [-0.15, -0.1) is 11.3 Å². The lowest BCUT2D eigenvalue weighted by atomic mass is 10.2. The summed E-state index contributed by atoms with van der Waals surface area (Å²) in [7, 11) is 0. The second-order valence-corrected chi connectivity index (χ2v) is 5.51. The first-order valence-corrected chi connectivity index (χ1v) is 6.95. The van der Waals surface area contributed by atoms with E-state index < -0.39 is 5.97 Å². The second kappa shape index (κ2) is 5.84. The van der Waals surface area contributed by atoms with Crippen molar-refractivity contribution in [3.63, 3.8) is 0 Å². The lowest BCUT2D eigenvalue weighted by Gasteiger charge is -2.28. The Morgan fingerprint density at radius 1 is 1.42 bits per heavy atom. The Hall–Kier alpha value is -1.88. The minimum absolute atomic E-state index is 0.176. The van der Waals surface area contributed by atoms with Crippen LogP contribution in [0.15, 0.2) is 35.8 Å². The molecule has 2 aromatic heterocycles. The maximum Gasteiger partial charge on any atom is 0.339 e. The topological polar surface area (TPSA) is 53.4 Å².